The predicted molar refractivity (Wildman–Crippen MR) is 84.4 cm³/mol. The first-order valence-electron chi connectivity index (χ1n) is 6.79. The van der Waals surface area contributed by atoms with Crippen LogP contribution >= 0.6 is 0 Å². The van der Waals surface area contributed by atoms with E-state index in [2.05, 4.69) is 16.0 Å². The lowest BCUT2D eigenvalue weighted by molar-refractivity contribution is -0.115. The molecule has 6 heteroatoms. The first-order chi connectivity index (χ1) is 10.6. The van der Waals surface area contributed by atoms with Crippen LogP contribution in [-0.4, -0.2) is 19.0 Å². The van der Waals surface area contributed by atoms with Crippen LogP contribution in [0.2, 0.25) is 0 Å². The standard InChI is InChI=1S/C16H15N3O3/c1-22-13-6-4-11(5-7-13)17-16(21)18-12-3-2-10-8-15(20)19-14(10)9-12/h2-7,9H,8H2,1H3,(H,19,20)(H2,17,18,21). The number of rotatable bonds is 3. The molecule has 0 saturated heterocycles. The van der Waals surface area contributed by atoms with Crippen molar-refractivity contribution in [1.29, 1.82) is 0 Å². The maximum Gasteiger partial charge on any atom is 0.323 e. The fourth-order valence-corrected chi connectivity index (χ4v) is 2.26. The highest BCUT2D eigenvalue weighted by molar-refractivity contribution is 6.02. The van der Waals surface area contributed by atoms with Gasteiger partial charge in [0, 0.05) is 17.1 Å². The van der Waals surface area contributed by atoms with Crippen molar-refractivity contribution in [3.63, 3.8) is 0 Å². The third-order valence-electron chi connectivity index (χ3n) is 3.34. The molecule has 3 amide bonds. The fourth-order valence-electron chi connectivity index (χ4n) is 2.26. The third kappa shape index (κ3) is 3.01. The highest BCUT2D eigenvalue weighted by Gasteiger charge is 2.17. The fraction of sp³-hybridized carbons (Fsp3) is 0.125. The third-order valence-corrected chi connectivity index (χ3v) is 3.34. The van der Waals surface area contributed by atoms with Crippen molar-refractivity contribution < 1.29 is 14.3 Å². The van der Waals surface area contributed by atoms with Crippen molar-refractivity contribution in [1.82, 2.24) is 0 Å². The SMILES string of the molecule is COc1ccc(NC(=O)Nc2ccc3c(c2)NC(=O)C3)cc1. The predicted octanol–water partition coefficient (Wildman–Crippen LogP) is 2.83. The summed E-state index contributed by atoms with van der Waals surface area (Å²) in [4.78, 5) is 23.3. The molecule has 0 atom stereocenters. The van der Waals surface area contributed by atoms with Crippen molar-refractivity contribution >= 4 is 29.0 Å². The highest BCUT2D eigenvalue weighted by Crippen LogP contribution is 2.26. The number of carbonyl (C=O) groups is 2. The molecule has 0 aromatic heterocycles. The molecule has 1 heterocycles. The van der Waals surface area contributed by atoms with E-state index in [1.807, 2.05) is 6.07 Å². The molecule has 1 aliphatic rings. The van der Waals surface area contributed by atoms with Crippen LogP contribution in [0.1, 0.15) is 5.56 Å². The molecule has 0 spiro atoms. The van der Waals surface area contributed by atoms with Crippen LogP contribution in [0.5, 0.6) is 5.75 Å². The monoisotopic (exact) mass is 297 g/mol. The second-order valence-electron chi connectivity index (χ2n) is 4.90. The number of ether oxygens (including phenoxy) is 1. The van der Waals surface area contributed by atoms with Gasteiger partial charge in [0.15, 0.2) is 0 Å². The molecule has 112 valence electrons. The van der Waals surface area contributed by atoms with E-state index in [0.29, 0.717) is 17.8 Å². The summed E-state index contributed by atoms with van der Waals surface area (Å²) in [6, 6.07) is 12.0. The zero-order valence-electron chi connectivity index (χ0n) is 12.0. The Balaban J connectivity index is 1.64. The van der Waals surface area contributed by atoms with Gasteiger partial charge in [-0.2, -0.15) is 0 Å². The molecule has 2 aromatic carbocycles. The van der Waals surface area contributed by atoms with Gasteiger partial charge < -0.3 is 20.7 Å². The summed E-state index contributed by atoms with van der Waals surface area (Å²) < 4.78 is 5.06. The van der Waals surface area contributed by atoms with Gasteiger partial charge in [0.2, 0.25) is 5.91 Å². The molecular weight excluding hydrogens is 282 g/mol. The lowest BCUT2D eigenvalue weighted by atomic mass is 10.1. The van der Waals surface area contributed by atoms with Gasteiger partial charge in [0.1, 0.15) is 5.75 Å². The molecule has 0 fully saturated rings. The number of fused-ring (bicyclic) bond motifs is 1. The maximum absolute atomic E-state index is 12.0. The van der Waals surface area contributed by atoms with E-state index in [1.165, 1.54) is 0 Å². The topological polar surface area (TPSA) is 79.5 Å². The highest BCUT2D eigenvalue weighted by atomic mass is 16.5. The van der Waals surface area contributed by atoms with Crippen LogP contribution in [0.4, 0.5) is 21.9 Å². The Labute approximate surface area is 127 Å². The smallest absolute Gasteiger partial charge is 0.323 e. The molecule has 0 unspecified atom stereocenters. The number of hydrogen-bond donors (Lipinski definition) is 3. The van der Waals surface area contributed by atoms with Gasteiger partial charge in [-0.15, -0.1) is 0 Å². The van der Waals surface area contributed by atoms with Crippen LogP contribution in [0.15, 0.2) is 42.5 Å². The number of amides is 3. The van der Waals surface area contributed by atoms with E-state index in [-0.39, 0.29) is 11.9 Å². The number of anilines is 3. The number of benzene rings is 2. The average Bonchev–Trinajstić information content (AvgIpc) is 2.87. The molecule has 3 rings (SSSR count). The van der Waals surface area contributed by atoms with Crippen molar-refractivity contribution in [2.24, 2.45) is 0 Å². The second-order valence-corrected chi connectivity index (χ2v) is 4.90. The second kappa shape index (κ2) is 5.77. The quantitative estimate of drug-likeness (QED) is 0.815. The summed E-state index contributed by atoms with van der Waals surface area (Å²) in [5.74, 6) is 0.690. The Morgan fingerprint density at radius 2 is 1.77 bits per heavy atom. The van der Waals surface area contributed by atoms with E-state index in [9.17, 15) is 9.59 Å². The lowest BCUT2D eigenvalue weighted by Crippen LogP contribution is -2.19. The Morgan fingerprint density at radius 3 is 2.50 bits per heavy atom. The minimum absolute atomic E-state index is 0.0326. The zero-order chi connectivity index (χ0) is 15.5. The molecular formula is C16H15N3O3. The van der Waals surface area contributed by atoms with Gasteiger partial charge in [-0.1, -0.05) is 6.07 Å². The largest absolute Gasteiger partial charge is 0.497 e. The first kappa shape index (κ1) is 13.9. The van der Waals surface area contributed by atoms with Gasteiger partial charge in [-0.05, 0) is 42.0 Å². The molecule has 0 radical (unpaired) electrons. The number of urea groups is 1. The summed E-state index contributed by atoms with van der Waals surface area (Å²) in [5, 5.41) is 8.21. The van der Waals surface area contributed by atoms with Crippen molar-refractivity contribution in [3.8, 4) is 5.75 Å². The van der Waals surface area contributed by atoms with Crippen molar-refractivity contribution in [2.45, 2.75) is 6.42 Å². The molecule has 22 heavy (non-hydrogen) atoms. The Kier molecular flexibility index (Phi) is 3.65. The van der Waals surface area contributed by atoms with Crippen LogP contribution < -0.4 is 20.7 Å². The molecule has 0 saturated carbocycles. The summed E-state index contributed by atoms with van der Waals surface area (Å²) in [5.41, 5.74) is 2.96. The van der Waals surface area contributed by atoms with Crippen LogP contribution in [0, 0.1) is 0 Å². The summed E-state index contributed by atoms with van der Waals surface area (Å²) >= 11 is 0. The van der Waals surface area contributed by atoms with E-state index < -0.39 is 0 Å². The first-order valence-corrected chi connectivity index (χ1v) is 6.79. The number of carbonyl (C=O) groups excluding carboxylic acids is 2. The summed E-state index contributed by atoms with van der Waals surface area (Å²) in [6.45, 7) is 0. The molecule has 6 nitrogen and oxygen atoms in total. The molecule has 0 bridgehead atoms. The molecule has 0 aliphatic carbocycles. The van der Waals surface area contributed by atoms with E-state index in [0.717, 1.165) is 17.0 Å². The van der Waals surface area contributed by atoms with Crippen molar-refractivity contribution in [2.75, 3.05) is 23.1 Å². The van der Waals surface area contributed by atoms with Crippen LogP contribution in [0.25, 0.3) is 0 Å². The number of hydrogen-bond acceptors (Lipinski definition) is 3. The van der Waals surface area contributed by atoms with Gasteiger partial charge in [0.05, 0.1) is 13.5 Å². The number of nitrogens with one attached hydrogen (secondary N) is 3. The Bertz CT molecular complexity index is 726. The van der Waals surface area contributed by atoms with E-state index in [1.54, 1.807) is 43.5 Å². The lowest BCUT2D eigenvalue weighted by Gasteiger charge is -2.09. The van der Waals surface area contributed by atoms with E-state index >= 15 is 0 Å². The van der Waals surface area contributed by atoms with Gasteiger partial charge in [-0.3, -0.25) is 4.79 Å². The van der Waals surface area contributed by atoms with Gasteiger partial charge >= 0.3 is 6.03 Å². The summed E-state index contributed by atoms with van der Waals surface area (Å²) in [7, 11) is 1.59. The van der Waals surface area contributed by atoms with Gasteiger partial charge in [0.25, 0.3) is 0 Å². The van der Waals surface area contributed by atoms with Crippen LogP contribution in [-0.2, 0) is 11.2 Å². The minimum atomic E-state index is -0.352. The maximum atomic E-state index is 12.0. The summed E-state index contributed by atoms with van der Waals surface area (Å²) in [6.07, 6.45) is 0.383. The Hall–Kier alpha value is -3.02. The van der Waals surface area contributed by atoms with Crippen molar-refractivity contribution in [3.05, 3.63) is 48.0 Å². The Morgan fingerprint density at radius 1 is 1.09 bits per heavy atom. The normalized spacial score (nSPS) is 12.3. The zero-order valence-corrected chi connectivity index (χ0v) is 12.0. The van der Waals surface area contributed by atoms with E-state index in [4.69, 9.17) is 4.74 Å². The molecule has 1 aliphatic heterocycles. The van der Waals surface area contributed by atoms with Gasteiger partial charge in [-0.25, -0.2) is 4.79 Å². The molecule has 3 N–H and O–H groups in total. The number of methoxy groups -OCH3 is 1. The average molecular weight is 297 g/mol. The molecule has 2 aromatic rings. The van der Waals surface area contributed by atoms with Crippen LogP contribution in [0.3, 0.4) is 0 Å². The minimum Gasteiger partial charge on any atom is -0.497 e.